The fraction of sp³-hybridized carbons (Fsp3) is 0.333. The molecule has 0 radical (unpaired) electrons. The highest BCUT2D eigenvalue weighted by Gasteiger charge is 2.14. The summed E-state index contributed by atoms with van der Waals surface area (Å²) in [5.74, 6) is 0.0685. The third kappa shape index (κ3) is 5.59. The smallest absolute Gasteiger partial charge is 0.211 e. The van der Waals surface area contributed by atoms with Gasteiger partial charge in [0.25, 0.3) is 0 Å². The molecule has 0 aliphatic heterocycles. The zero-order chi connectivity index (χ0) is 15.1. The van der Waals surface area contributed by atoms with Crippen molar-refractivity contribution in [3.8, 4) is 0 Å². The topological polar surface area (TPSA) is 66.4 Å². The molecule has 1 heterocycles. The van der Waals surface area contributed by atoms with Crippen LogP contribution in [0.25, 0.3) is 0 Å². The van der Waals surface area contributed by atoms with E-state index in [1.165, 1.54) is 11.3 Å². The Labute approximate surface area is 129 Å². The van der Waals surface area contributed by atoms with E-state index in [9.17, 15) is 13.5 Å². The molecule has 1 aromatic heterocycles. The van der Waals surface area contributed by atoms with E-state index in [1.54, 1.807) is 6.07 Å². The molecule has 0 saturated heterocycles. The molecule has 2 aromatic rings. The average molecular weight is 325 g/mol. The van der Waals surface area contributed by atoms with Crippen molar-refractivity contribution in [1.82, 2.24) is 4.72 Å². The maximum absolute atomic E-state index is 11.9. The van der Waals surface area contributed by atoms with Crippen LogP contribution in [-0.2, 0) is 16.4 Å². The summed E-state index contributed by atoms with van der Waals surface area (Å²) < 4.78 is 26.2. The largest absolute Gasteiger partial charge is 0.386 e. The van der Waals surface area contributed by atoms with Crippen LogP contribution in [0.15, 0.2) is 47.8 Å². The van der Waals surface area contributed by atoms with Crippen molar-refractivity contribution in [1.29, 1.82) is 0 Å². The van der Waals surface area contributed by atoms with Crippen molar-refractivity contribution in [2.45, 2.75) is 18.9 Å². The maximum atomic E-state index is 11.9. The Balaban J connectivity index is 1.74. The molecule has 4 nitrogen and oxygen atoms in total. The van der Waals surface area contributed by atoms with Gasteiger partial charge in [-0.05, 0) is 29.9 Å². The molecule has 0 bridgehead atoms. The van der Waals surface area contributed by atoms with Crippen molar-refractivity contribution < 1.29 is 13.5 Å². The summed E-state index contributed by atoms with van der Waals surface area (Å²) in [6.45, 7) is 0.0220. The zero-order valence-corrected chi connectivity index (χ0v) is 13.2. The Morgan fingerprint density at radius 2 is 1.90 bits per heavy atom. The minimum absolute atomic E-state index is 0.0220. The molecule has 0 aliphatic carbocycles. The number of sulfonamides is 1. The van der Waals surface area contributed by atoms with Gasteiger partial charge in [-0.3, -0.25) is 0 Å². The number of rotatable bonds is 8. The third-order valence-corrected chi connectivity index (χ3v) is 5.50. The van der Waals surface area contributed by atoms with E-state index in [-0.39, 0.29) is 12.3 Å². The summed E-state index contributed by atoms with van der Waals surface area (Å²) in [6.07, 6.45) is 0.512. The van der Waals surface area contributed by atoms with Crippen LogP contribution < -0.4 is 4.72 Å². The summed E-state index contributed by atoms with van der Waals surface area (Å²) in [6, 6.07) is 13.4. The highest BCUT2D eigenvalue weighted by Crippen LogP contribution is 2.17. The Morgan fingerprint density at radius 1 is 1.14 bits per heavy atom. The summed E-state index contributed by atoms with van der Waals surface area (Å²) in [7, 11) is -3.34. The van der Waals surface area contributed by atoms with Crippen LogP contribution in [-0.4, -0.2) is 25.8 Å². The monoisotopic (exact) mass is 325 g/mol. The molecule has 0 aliphatic rings. The summed E-state index contributed by atoms with van der Waals surface area (Å²) in [5, 5.41) is 11.7. The van der Waals surface area contributed by atoms with Crippen LogP contribution in [0, 0.1) is 0 Å². The molecular weight excluding hydrogens is 306 g/mol. The van der Waals surface area contributed by atoms with E-state index in [0.29, 0.717) is 6.42 Å². The lowest BCUT2D eigenvalue weighted by Crippen LogP contribution is -2.30. The molecule has 1 atom stereocenters. The standard InChI is InChI=1S/C15H19NO3S2/c17-14(15-9-4-10-20-15)12-16-21(18,19)11-5-8-13-6-2-1-3-7-13/h1-4,6-7,9-10,14,16-17H,5,8,11-12H2. The summed E-state index contributed by atoms with van der Waals surface area (Å²) in [4.78, 5) is 0.766. The van der Waals surface area contributed by atoms with Gasteiger partial charge >= 0.3 is 0 Å². The Hall–Kier alpha value is -1.21. The first kappa shape index (κ1) is 16.2. The fourth-order valence-electron chi connectivity index (χ4n) is 1.97. The first-order chi connectivity index (χ1) is 10.1. The number of aliphatic hydroxyl groups is 1. The second-order valence-electron chi connectivity index (χ2n) is 4.79. The number of hydrogen-bond acceptors (Lipinski definition) is 4. The van der Waals surface area contributed by atoms with Gasteiger partial charge in [0, 0.05) is 11.4 Å². The van der Waals surface area contributed by atoms with Gasteiger partial charge in [0.2, 0.25) is 10.0 Å². The average Bonchev–Trinajstić information content (AvgIpc) is 3.00. The molecule has 1 aromatic carbocycles. The van der Waals surface area contributed by atoms with Gasteiger partial charge in [0.1, 0.15) is 6.10 Å². The number of benzene rings is 1. The first-order valence-electron chi connectivity index (χ1n) is 6.79. The van der Waals surface area contributed by atoms with Crippen molar-refractivity contribution in [2.24, 2.45) is 0 Å². The number of thiophene rings is 1. The first-order valence-corrected chi connectivity index (χ1v) is 9.33. The summed E-state index contributed by atoms with van der Waals surface area (Å²) >= 11 is 1.41. The maximum Gasteiger partial charge on any atom is 0.211 e. The lowest BCUT2D eigenvalue weighted by molar-refractivity contribution is 0.186. The Kier molecular flexibility index (Phi) is 5.93. The number of nitrogens with one attached hydrogen (secondary N) is 1. The van der Waals surface area contributed by atoms with Gasteiger partial charge in [-0.15, -0.1) is 11.3 Å². The van der Waals surface area contributed by atoms with E-state index < -0.39 is 16.1 Å². The molecular formula is C15H19NO3S2. The predicted octanol–water partition coefficient (Wildman–Crippen LogP) is 2.33. The van der Waals surface area contributed by atoms with Gasteiger partial charge < -0.3 is 5.11 Å². The van der Waals surface area contributed by atoms with Gasteiger partial charge in [0.05, 0.1) is 5.75 Å². The van der Waals surface area contributed by atoms with Gasteiger partial charge in [0.15, 0.2) is 0 Å². The molecule has 2 rings (SSSR count). The Morgan fingerprint density at radius 3 is 2.57 bits per heavy atom. The minimum atomic E-state index is -3.34. The van der Waals surface area contributed by atoms with E-state index >= 15 is 0 Å². The quantitative estimate of drug-likeness (QED) is 0.783. The van der Waals surface area contributed by atoms with E-state index in [4.69, 9.17) is 0 Å². The fourth-order valence-corrected chi connectivity index (χ4v) is 3.76. The van der Waals surface area contributed by atoms with Gasteiger partial charge in [-0.1, -0.05) is 36.4 Å². The minimum Gasteiger partial charge on any atom is -0.386 e. The van der Waals surface area contributed by atoms with Crippen molar-refractivity contribution in [3.05, 3.63) is 58.3 Å². The van der Waals surface area contributed by atoms with Crippen LogP contribution in [0.2, 0.25) is 0 Å². The van der Waals surface area contributed by atoms with Crippen LogP contribution in [0.1, 0.15) is 23.0 Å². The molecule has 114 valence electrons. The number of hydrogen-bond donors (Lipinski definition) is 2. The molecule has 0 spiro atoms. The molecule has 6 heteroatoms. The number of aliphatic hydroxyl groups excluding tert-OH is 1. The molecule has 0 saturated carbocycles. The van der Waals surface area contributed by atoms with Crippen LogP contribution >= 0.6 is 11.3 Å². The highest BCUT2D eigenvalue weighted by atomic mass is 32.2. The molecule has 21 heavy (non-hydrogen) atoms. The van der Waals surface area contributed by atoms with E-state index in [0.717, 1.165) is 16.9 Å². The van der Waals surface area contributed by atoms with Crippen LogP contribution in [0.4, 0.5) is 0 Å². The normalized spacial score (nSPS) is 13.2. The van der Waals surface area contributed by atoms with Crippen molar-refractivity contribution in [2.75, 3.05) is 12.3 Å². The van der Waals surface area contributed by atoms with Crippen molar-refractivity contribution in [3.63, 3.8) is 0 Å². The van der Waals surface area contributed by atoms with Crippen LogP contribution in [0.5, 0.6) is 0 Å². The van der Waals surface area contributed by atoms with Crippen LogP contribution in [0.3, 0.4) is 0 Å². The lowest BCUT2D eigenvalue weighted by atomic mass is 10.1. The SMILES string of the molecule is O=S(=O)(CCCc1ccccc1)NCC(O)c1cccs1. The lowest BCUT2D eigenvalue weighted by Gasteiger charge is -2.10. The zero-order valence-electron chi connectivity index (χ0n) is 11.6. The highest BCUT2D eigenvalue weighted by molar-refractivity contribution is 7.89. The van der Waals surface area contributed by atoms with E-state index in [1.807, 2.05) is 41.8 Å². The third-order valence-electron chi connectivity index (χ3n) is 3.09. The predicted molar refractivity (Wildman–Crippen MR) is 85.8 cm³/mol. The molecule has 0 fully saturated rings. The summed E-state index contributed by atoms with van der Waals surface area (Å²) in [5.41, 5.74) is 1.13. The number of aryl methyl sites for hydroxylation is 1. The molecule has 0 amide bonds. The van der Waals surface area contributed by atoms with E-state index in [2.05, 4.69) is 4.72 Å². The van der Waals surface area contributed by atoms with Crippen molar-refractivity contribution >= 4 is 21.4 Å². The second-order valence-corrected chi connectivity index (χ2v) is 7.69. The van der Waals surface area contributed by atoms with Gasteiger partial charge in [-0.25, -0.2) is 13.1 Å². The van der Waals surface area contributed by atoms with Gasteiger partial charge in [-0.2, -0.15) is 0 Å². The second kappa shape index (κ2) is 7.70. The molecule has 2 N–H and O–H groups in total. The molecule has 1 unspecified atom stereocenters. The Bertz CT molecular complexity index is 624.